The molecule has 0 radical (unpaired) electrons. The number of hydrogen-bond acceptors (Lipinski definition) is 4. The Bertz CT molecular complexity index is 1470. The van der Waals surface area contributed by atoms with Crippen LogP contribution in [0.15, 0.2) is 79.4 Å². The number of rotatable bonds is 4. The molecule has 0 bridgehead atoms. The summed E-state index contributed by atoms with van der Waals surface area (Å²) in [5, 5.41) is 14.0. The zero-order valence-electron chi connectivity index (χ0n) is 17.4. The van der Waals surface area contributed by atoms with Crippen LogP contribution in [-0.2, 0) is 12.6 Å². The largest absolute Gasteiger partial charge is 0.374 e. The monoisotopic (exact) mass is 494 g/mol. The molecule has 0 fully saturated rings. The van der Waals surface area contributed by atoms with Gasteiger partial charge >= 0.3 is 0 Å². The van der Waals surface area contributed by atoms with Crippen LogP contribution in [0.5, 0.6) is 0 Å². The Morgan fingerprint density at radius 2 is 1.67 bits per heavy atom. The smallest absolute Gasteiger partial charge is 0.158 e. The van der Waals surface area contributed by atoms with E-state index in [2.05, 4.69) is 15.0 Å². The minimum absolute atomic E-state index is 0.261. The first-order valence-electron chi connectivity index (χ1n) is 10.1. The molecule has 0 spiro atoms. The van der Waals surface area contributed by atoms with Crippen molar-refractivity contribution in [3.05, 3.63) is 111 Å². The predicted molar refractivity (Wildman–Crippen MR) is 132 cm³/mol. The molecule has 1 unspecified atom stereocenters. The first-order chi connectivity index (χ1) is 15.9. The van der Waals surface area contributed by atoms with E-state index in [9.17, 15) is 5.11 Å². The second kappa shape index (κ2) is 8.43. The fraction of sp³-hybridized carbons (Fsp3) is 0.0800. The van der Waals surface area contributed by atoms with Gasteiger partial charge in [0.25, 0.3) is 0 Å². The van der Waals surface area contributed by atoms with Gasteiger partial charge in [0.05, 0.1) is 33.8 Å². The molecule has 164 valence electrons. The molecule has 0 aliphatic heterocycles. The Balaban J connectivity index is 1.77. The van der Waals surface area contributed by atoms with Crippen LogP contribution < -0.4 is 0 Å². The molecular formula is C25H17Cl3N4O. The van der Waals surface area contributed by atoms with Crippen molar-refractivity contribution in [2.75, 3.05) is 0 Å². The molecule has 1 N–H and O–H groups in total. The number of imidazole rings is 1. The molecule has 0 saturated carbocycles. The van der Waals surface area contributed by atoms with E-state index in [4.69, 9.17) is 34.8 Å². The summed E-state index contributed by atoms with van der Waals surface area (Å²) < 4.78 is 1.78. The Hall–Kier alpha value is -2.96. The number of pyridine rings is 2. The molecule has 33 heavy (non-hydrogen) atoms. The Kier molecular flexibility index (Phi) is 5.59. The van der Waals surface area contributed by atoms with Crippen LogP contribution in [0, 0.1) is 0 Å². The van der Waals surface area contributed by atoms with Crippen molar-refractivity contribution in [1.29, 1.82) is 0 Å². The molecule has 5 nitrogen and oxygen atoms in total. The highest BCUT2D eigenvalue weighted by molar-refractivity contribution is 6.42. The van der Waals surface area contributed by atoms with Gasteiger partial charge in [-0.05, 0) is 47.5 Å². The fourth-order valence-corrected chi connectivity index (χ4v) is 4.70. The first kappa shape index (κ1) is 21.9. The number of aryl methyl sites for hydroxylation is 1. The molecule has 0 amide bonds. The van der Waals surface area contributed by atoms with Crippen molar-refractivity contribution in [2.24, 2.45) is 7.05 Å². The molecule has 1 atom stereocenters. The van der Waals surface area contributed by atoms with E-state index in [1.165, 1.54) is 0 Å². The second-order valence-corrected chi connectivity index (χ2v) is 8.85. The third-order valence-electron chi connectivity index (χ3n) is 5.55. The van der Waals surface area contributed by atoms with E-state index in [0.717, 1.165) is 0 Å². The van der Waals surface area contributed by atoms with E-state index in [1.54, 1.807) is 59.7 Å². The van der Waals surface area contributed by atoms with Gasteiger partial charge in [0.2, 0.25) is 0 Å². The lowest BCUT2D eigenvalue weighted by molar-refractivity contribution is 0.121. The summed E-state index contributed by atoms with van der Waals surface area (Å²) in [6.07, 6.45) is 5.09. The summed E-state index contributed by atoms with van der Waals surface area (Å²) >= 11 is 19.4. The number of benzene rings is 2. The van der Waals surface area contributed by atoms with E-state index < -0.39 is 5.60 Å². The summed E-state index contributed by atoms with van der Waals surface area (Å²) in [7, 11) is 1.85. The zero-order chi connectivity index (χ0) is 23.2. The maximum absolute atomic E-state index is 12.1. The highest BCUT2D eigenvalue weighted by Gasteiger charge is 2.36. The highest BCUT2D eigenvalue weighted by atomic mass is 35.5. The van der Waals surface area contributed by atoms with Gasteiger partial charge in [-0.2, -0.15) is 0 Å². The van der Waals surface area contributed by atoms with Crippen LogP contribution in [0.2, 0.25) is 15.2 Å². The van der Waals surface area contributed by atoms with Crippen LogP contribution >= 0.6 is 34.8 Å². The van der Waals surface area contributed by atoms with Crippen molar-refractivity contribution in [2.45, 2.75) is 5.60 Å². The van der Waals surface area contributed by atoms with Gasteiger partial charge in [-0.15, -0.1) is 0 Å². The fourth-order valence-electron chi connectivity index (χ4n) is 3.90. The summed E-state index contributed by atoms with van der Waals surface area (Å²) in [4.78, 5) is 13.3. The van der Waals surface area contributed by atoms with Crippen molar-refractivity contribution >= 4 is 45.7 Å². The van der Waals surface area contributed by atoms with Crippen LogP contribution in [0.25, 0.3) is 22.2 Å². The summed E-state index contributed by atoms with van der Waals surface area (Å²) in [5.41, 5.74) is 1.87. The van der Waals surface area contributed by atoms with E-state index in [1.807, 2.05) is 31.3 Å². The third kappa shape index (κ3) is 3.77. The summed E-state index contributed by atoms with van der Waals surface area (Å²) in [6, 6.07) is 17.9. The van der Waals surface area contributed by atoms with Gasteiger partial charge in [-0.3, -0.25) is 4.98 Å². The van der Waals surface area contributed by atoms with Gasteiger partial charge in [-0.25, -0.2) is 9.97 Å². The summed E-state index contributed by atoms with van der Waals surface area (Å²) in [5.74, 6) is 0. The lowest BCUT2D eigenvalue weighted by Gasteiger charge is -2.28. The molecule has 0 aliphatic carbocycles. The highest BCUT2D eigenvalue weighted by Crippen LogP contribution is 2.41. The molecular weight excluding hydrogens is 479 g/mol. The van der Waals surface area contributed by atoms with Crippen LogP contribution in [-0.4, -0.2) is 24.6 Å². The topological polar surface area (TPSA) is 63.8 Å². The van der Waals surface area contributed by atoms with Crippen molar-refractivity contribution < 1.29 is 5.11 Å². The number of fused-ring (bicyclic) bond motifs is 1. The van der Waals surface area contributed by atoms with Crippen LogP contribution in [0.4, 0.5) is 0 Å². The molecule has 5 aromatic rings. The van der Waals surface area contributed by atoms with Crippen LogP contribution in [0.3, 0.4) is 0 Å². The molecule has 8 heteroatoms. The van der Waals surface area contributed by atoms with Gasteiger partial charge in [-0.1, -0.05) is 59.1 Å². The number of halogens is 3. The SMILES string of the molecule is Cn1cnc(C(O)(c2ccc(Cl)cc2)c2ccc3nc(Cl)c(-c4ccccn4)c(Cl)c3c2)c1. The Morgan fingerprint density at radius 1 is 0.909 bits per heavy atom. The number of aromatic nitrogens is 4. The minimum atomic E-state index is -1.55. The van der Waals surface area contributed by atoms with Gasteiger partial charge in [0.15, 0.2) is 5.60 Å². The number of hydrogen-bond donors (Lipinski definition) is 1. The minimum Gasteiger partial charge on any atom is -0.374 e. The van der Waals surface area contributed by atoms with Crippen molar-refractivity contribution in [3.63, 3.8) is 0 Å². The zero-order valence-corrected chi connectivity index (χ0v) is 19.6. The van der Waals surface area contributed by atoms with Gasteiger partial charge in [0, 0.05) is 29.9 Å². The lowest BCUT2D eigenvalue weighted by Crippen LogP contribution is -2.29. The van der Waals surface area contributed by atoms with E-state index >= 15 is 0 Å². The molecule has 3 aromatic heterocycles. The number of nitrogens with zero attached hydrogens (tertiary/aromatic N) is 4. The Morgan fingerprint density at radius 3 is 2.33 bits per heavy atom. The summed E-state index contributed by atoms with van der Waals surface area (Å²) in [6.45, 7) is 0. The lowest BCUT2D eigenvalue weighted by atomic mass is 9.83. The number of aliphatic hydroxyl groups is 1. The maximum Gasteiger partial charge on any atom is 0.158 e. The van der Waals surface area contributed by atoms with Crippen molar-refractivity contribution in [3.8, 4) is 11.3 Å². The van der Waals surface area contributed by atoms with E-state index in [-0.39, 0.29) is 5.15 Å². The normalized spacial score (nSPS) is 13.2. The molecule has 2 aromatic carbocycles. The first-order valence-corrected chi connectivity index (χ1v) is 11.2. The molecule has 3 heterocycles. The standard InChI is InChI=1S/C25H17Cl3N4O/c1-32-13-21(30-14-32)25(33,15-5-8-17(26)9-6-15)16-7-10-19-18(12-16)23(27)22(24(28)31-19)20-4-2-3-11-29-20/h2-14,33H,1H3. The second-order valence-electron chi connectivity index (χ2n) is 7.68. The van der Waals surface area contributed by atoms with E-state index in [0.29, 0.717) is 49.0 Å². The average Bonchev–Trinajstić information content (AvgIpc) is 3.26. The molecule has 5 rings (SSSR count). The molecule has 0 saturated heterocycles. The quantitative estimate of drug-likeness (QED) is 0.298. The maximum atomic E-state index is 12.1. The van der Waals surface area contributed by atoms with Gasteiger partial charge < -0.3 is 9.67 Å². The van der Waals surface area contributed by atoms with Gasteiger partial charge in [0.1, 0.15) is 5.15 Å². The third-order valence-corrected chi connectivity index (χ3v) is 6.47. The predicted octanol–water partition coefficient (Wildman–Crippen LogP) is 6.27. The molecule has 0 aliphatic rings. The average molecular weight is 496 g/mol. The van der Waals surface area contributed by atoms with Crippen LogP contribution in [0.1, 0.15) is 16.8 Å². The Labute approximate surface area is 205 Å². The van der Waals surface area contributed by atoms with Crippen molar-refractivity contribution in [1.82, 2.24) is 19.5 Å².